The summed E-state index contributed by atoms with van der Waals surface area (Å²) >= 11 is 0. The molecule has 1 saturated carbocycles. The molecule has 2 rings (SSSR count). The summed E-state index contributed by atoms with van der Waals surface area (Å²) in [6.45, 7) is 0.403. The minimum atomic E-state index is -0.531. The number of nitrogens with zero attached hydrogens (tertiary/aromatic N) is 1. The first-order valence-corrected chi connectivity index (χ1v) is 5.32. The third-order valence-corrected chi connectivity index (χ3v) is 2.59. The fourth-order valence-corrected chi connectivity index (χ4v) is 1.40. The Morgan fingerprint density at radius 3 is 2.59 bits per heavy atom. The molecule has 1 aliphatic carbocycles. The van der Waals surface area contributed by atoms with Crippen LogP contribution in [0.2, 0.25) is 0 Å². The monoisotopic (exact) mass is 238 g/mol. The average Bonchev–Trinajstić information content (AvgIpc) is 3.09. The molecule has 0 bridgehead atoms. The summed E-state index contributed by atoms with van der Waals surface area (Å²) in [5.41, 5.74) is 12.6. The minimum absolute atomic E-state index is 0.199. The van der Waals surface area contributed by atoms with Crippen LogP contribution in [0, 0.1) is 0 Å². The number of carbonyl (C=O) groups excluding carboxylic acids is 1. The van der Waals surface area contributed by atoms with Crippen LogP contribution in [0.15, 0.2) is 18.3 Å². The van der Waals surface area contributed by atoms with Gasteiger partial charge in [-0.1, -0.05) is 6.07 Å². The van der Waals surface area contributed by atoms with Crippen molar-refractivity contribution in [2.45, 2.75) is 24.9 Å². The number of pyridine rings is 1. The smallest absolute Gasteiger partial charge is 0.312 e. The molecule has 1 aliphatic rings. The van der Waals surface area contributed by atoms with Crippen molar-refractivity contribution in [3.8, 4) is 0 Å². The first kappa shape index (κ1) is 13.4. The second kappa shape index (κ2) is 5.60. The van der Waals surface area contributed by atoms with Crippen LogP contribution < -0.4 is 16.8 Å². The Morgan fingerprint density at radius 2 is 2.18 bits per heavy atom. The summed E-state index contributed by atoms with van der Waals surface area (Å²) in [7, 11) is 1.00. The molecule has 6 heteroatoms. The first-order chi connectivity index (χ1) is 8.10. The summed E-state index contributed by atoms with van der Waals surface area (Å²) in [6.07, 6.45) is 3.72. The molecular formula is C11H18N4O2. The maximum absolute atomic E-state index is 10.5. The van der Waals surface area contributed by atoms with Gasteiger partial charge in [0.05, 0.1) is 11.2 Å². The van der Waals surface area contributed by atoms with Gasteiger partial charge in [0.25, 0.3) is 0 Å². The highest BCUT2D eigenvalue weighted by Crippen LogP contribution is 2.41. The van der Waals surface area contributed by atoms with Crippen molar-refractivity contribution < 1.29 is 9.90 Å². The molecule has 6 N–H and O–H groups in total. The Bertz CT molecular complexity index is 374. The SMILES string of the molecule is CO.NC(=O)NCc1ccc(C2(N)CC2)nc1. The zero-order chi connectivity index (χ0) is 12.9. The van der Waals surface area contributed by atoms with E-state index in [1.807, 2.05) is 12.1 Å². The number of nitrogens with two attached hydrogens (primary N) is 2. The molecular weight excluding hydrogens is 220 g/mol. The molecule has 2 amide bonds. The number of amides is 2. The maximum Gasteiger partial charge on any atom is 0.312 e. The Kier molecular flexibility index (Phi) is 4.42. The lowest BCUT2D eigenvalue weighted by molar-refractivity contribution is 0.248. The van der Waals surface area contributed by atoms with E-state index in [2.05, 4.69) is 10.3 Å². The van der Waals surface area contributed by atoms with E-state index in [9.17, 15) is 4.79 Å². The van der Waals surface area contributed by atoms with Gasteiger partial charge in [0.15, 0.2) is 0 Å². The third kappa shape index (κ3) is 3.69. The highest BCUT2D eigenvalue weighted by molar-refractivity contribution is 5.71. The van der Waals surface area contributed by atoms with E-state index in [-0.39, 0.29) is 5.54 Å². The fourth-order valence-electron chi connectivity index (χ4n) is 1.40. The molecule has 0 unspecified atom stereocenters. The van der Waals surface area contributed by atoms with Gasteiger partial charge in [-0.15, -0.1) is 0 Å². The molecule has 1 aromatic heterocycles. The standard InChI is InChI=1S/C10H14N4O.CH4O/c11-9(15)14-6-7-1-2-8(13-5-7)10(12)3-4-10;1-2/h1-2,5H,3-4,6,12H2,(H3,11,14,15);2H,1H3. The van der Waals surface area contributed by atoms with Crippen LogP contribution in [0.25, 0.3) is 0 Å². The zero-order valence-corrected chi connectivity index (χ0v) is 9.81. The minimum Gasteiger partial charge on any atom is -0.400 e. The maximum atomic E-state index is 10.5. The number of carbonyl (C=O) groups is 1. The van der Waals surface area contributed by atoms with Gasteiger partial charge in [0, 0.05) is 19.9 Å². The number of aromatic nitrogens is 1. The number of urea groups is 1. The van der Waals surface area contributed by atoms with Crippen LogP contribution >= 0.6 is 0 Å². The number of nitrogens with one attached hydrogen (secondary N) is 1. The fraction of sp³-hybridized carbons (Fsp3) is 0.455. The van der Waals surface area contributed by atoms with Gasteiger partial charge in [-0.05, 0) is 24.5 Å². The topological polar surface area (TPSA) is 114 Å². The van der Waals surface area contributed by atoms with E-state index in [1.165, 1.54) is 0 Å². The lowest BCUT2D eigenvalue weighted by atomic mass is 10.1. The van der Waals surface area contributed by atoms with E-state index in [0.29, 0.717) is 6.54 Å². The molecule has 6 nitrogen and oxygen atoms in total. The Balaban J connectivity index is 0.000000686. The summed E-state index contributed by atoms with van der Waals surface area (Å²) in [4.78, 5) is 14.8. The predicted molar refractivity (Wildman–Crippen MR) is 63.9 cm³/mol. The molecule has 0 atom stereocenters. The van der Waals surface area contributed by atoms with Gasteiger partial charge < -0.3 is 21.9 Å². The predicted octanol–water partition coefficient (Wildman–Crippen LogP) is -0.194. The van der Waals surface area contributed by atoms with Crippen molar-refractivity contribution in [3.63, 3.8) is 0 Å². The van der Waals surface area contributed by atoms with E-state index < -0.39 is 6.03 Å². The van der Waals surface area contributed by atoms with E-state index in [0.717, 1.165) is 31.2 Å². The summed E-state index contributed by atoms with van der Waals surface area (Å²) in [6, 6.07) is 3.28. The van der Waals surface area contributed by atoms with Crippen molar-refractivity contribution in [1.82, 2.24) is 10.3 Å². The highest BCUT2D eigenvalue weighted by Gasteiger charge is 2.41. The van der Waals surface area contributed by atoms with Gasteiger partial charge in [0.2, 0.25) is 0 Å². The average molecular weight is 238 g/mol. The summed E-state index contributed by atoms with van der Waals surface area (Å²) < 4.78 is 0. The second-order valence-corrected chi connectivity index (χ2v) is 3.93. The van der Waals surface area contributed by atoms with Crippen LogP contribution in [0.1, 0.15) is 24.1 Å². The van der Waals surface area contributed by atoms with Gasteiger partial charge in [0.1, 0.15) is 0 Å². The van der Waals surface area contributed by atoms with E-state index >= 15 is 0 Å². The third-order valence-electron chi connectivity index (χ3n) is 2.59. The van der Waals surface area contributed by atoms with Crippen molar-refractivity contribution in [2.75, 3.05) is 7.11 Å². The number of hydrogen-bond donors (Lipinski definition) is 4. The van der Waals surface area contributed by atoms with Gasteiger partial charge in [-0.3, -0.25) is 4.98 Å². The molecule has 0 spiro atoms. The van der Waals surface area contributed by atoms with Crippen LogP contribution in [0.4, 0.5) is 4.79 Å². The van der Waals surface area contributed by atoms with Crippen LogP contribution in [0.5, 0.6) is 0 Å². The van der Waals surface area contributed by atoms with Gasteiger partial charge >= 0.3 is 6.03 Å². The number of rotatable bonds is 3. The lowest BCUT2D eigenvalue weighted by Crippen LogP contribution is -2.28. The molecule has 1 heterocycles. The number of hydrogen-bond acceptors (Lipinski definition) is 4. The molecule has 0 saturated heterocycles. The van der Waals surface area contributed by atoms with Crippen molar-refractivity contribution in [2.24, 2.45) is 11.5 Å². The number of aliphatic hydroxyl groups is 1. The number of primary amides is 1. The molecule has 0 aromatic carbocycles. The highest BCUT2D eigenvalue weighted by atomic mass is 16.2. The molecule has 1 fully saturated rings. The van der Waals surface area contributed by atoms with Crippen LogP contribution in [-0.4, -0.2) is 23.2 Å². The summed E-state index contributed by atoms with van der Waals surface area (Å²) in [5.74, 6) is 0. The van der Waals surface area contributed by atoms with Crippen molar-refractivity contribution in [1.29, 1.82) is 0 Å². The second-order valence-electron chi connectivity index (χ2n) is 3.93. The van der Waals surface area contributed by atoms with Crippen molar-refractivity contribution >= 4 is 6.03 Å². The zero-order valence-electron chi connectivity index (χ0n) is 9.81. The lowest BCUT2D eigenvalue weighted by Gasteiger charge is -2.08. The normalized spacial score (nSPS) is 15.5. The van der Waals surface area contributed by atoms with Gasteiger partial charge in [-0.25, -0.2) is 4.79 Å². The van der Waals surface area contributed by atoms with Crippen LogP contribution in [-0.2, 0) is 12.1 Å². The van der Waals surface area contributed by atoms with Gasteiger partial charge in [-0.2, -0.15) is 0 Å². The number of aliphatic hydroxyl groups excluding tert-OH is 1. The quantitative estimate of drug-likeness (QED) is 0.584. The Morgan fingerprint density at radius 1 is 1.53 bits per heavy atom. The Hall–Kier alpha value is -1.66. The van der Waals surface area contributed by atoms with Crippen LogP contribution in [0.3, 0.4) is 0 Å². The van der Waals surface area contributed by atoms with E-state index in [4.69, 9.17) is 16.6 Å². The largest absolute Gasteiger partial charge is 0.400 e. The molecule has 0 radical (unpaired) electrons. The molecule has 0 aliphatic heterocycles. The summed E-state index contributed by atoms with van der Waals surface area (Å²) in [5, 5.41) is 9.50. The van der Waals surface area contributed by atoms with E-state index in [1.54, 1.807) is 6.20 Å². The molecule has 94 valence electrons. The van der Waals surface area contributed by atoms with Crippen molar-refractivity contribution in [3.05, 3.63) is 29.6 Å². The molecule has 1 aromatic rings. The first-order valence-electron chi connectivity index (χ1n) is 5.32. The molecule has 17 heavy (non-hydrogen) atoms. The Labute approximate surface area is 100 Å².